The molecule has 1 amide bonds. The van der Waals surface area contributed by atoms with Gasteiger partial charge in [0.05, 0.1) is 16.9 Å². The largest absolute Gasteiger partial charge is 0.481 e. The molecule has 1 aromatic rings. The normalized spacial score (nSPS) is 19.0. The minimum Gasteiger partial charge on any atom is -0.481 e. The van der Waals surface area contributed by atoms with Crippen molar-refractivity contribution in [3.05, 3.63) is 29.8 Å². The number of carbonyl (C=O) groups is 2. The van der Waals surface area contributed by atoms with Crippen LogP contribution < -0.4 is 10.0 Å². The molecule has 7 nitrogen and oxygen atoms in total. The van der Waals surface area contributed by atoms with E-state index in [0.29, 0.717) is 19.3 Å². The molecule has 0 spiro atoms. The van der Waals surface area contributed by atoms with Gasteiger partial charge in [0.25, 0.3) is 0 Å². The minimum absolute atomic E-state index is 0.0424. The van der Waals surface area contributed by atoms with Crippen LogP contribution in [0.5, 0.6) is 0 Å². The van der Waals surface area contributed by atoms with Crippen LogP contribution in [0.4, 0.5) is 0 Å². The zero-order valence-corrected chi connectivity index (χ0v) is 16.1. The molecule has 0 radical (unpaired) electrons. The van der Waals surface area contributed by atoms with Crippen molar-refractivity contribution >= 4 is 21.9 Å². The fourth-order valence-electron chi connectivity index (χ4n) is 3.63. The Balaban J connectivity index is 1.53. The van der Waals surface area contributed by atoms with Gasteiger partial charge < -0.3 is 10.4 Å². The zero-order chi connectivity index (χ0) is 19.5. The Morgan fingerprint density at radius 1 is 1.11 bits per heavy atom. The molecule has 0 heterocycles. The lowest BCUT2D eigenvalue weighted by Gasteiger charge is -2.28. The first-order valence-electron chi connectivity index (χ1n) is 9.42. The molecule has 3 N–H and O–H groups in total. The maximum atomic E-state index is 12.3. The lowest BCUT2D eigenvalue weighted by atomic mass is 9.93. The monoisotopic (exact) mass is 394 g/mol. The topological polar surface area (TPSA) is 113 Å². The van der Waals surface area contributed by atoms with Crippen LogP contribution in [0.1, 0.15) is 56.9 Å². The first-order valence-corrected chi connectivity index (χ1v) is 10.9. The van der Waals surface area contributed by atoms with Gasteiger partial charge in [0, 0.05) is 12.5 Å². The average molecular weight is 394 g/mol. The van der Waals surface area contributed by atoms with Gasteiger partial charge in [-0.25, -0.2) is 13.1 Å². The summed E-state index contributed by atoms with van der Waals surface area (Å²) < 4.78 is 26.9. The number of hydrogen-bond donors (Lipinski definition) is 3. The predicted molar refractivity (Wildman–Crippen MR) is 99.7 cm³/mol. The number of sulfonamides is 1. The first-order chi connectivity index (χ1) is 12.8. The summed E-state index contributed by atoms with van der Waals surface area (Å²) in [7, 11) is -3.47. The third-order valence-corrected chi connectivity index (χ3v) is 6.76. The van der Waals surface area contributed by atoms with Crippen molar-refractivity contribution in [1.29, 1.82) is 0 Å². The smallest absolute Gasteiger partial charge is 0.305 e. The van der Waals surface area contributed by atoms with Crippen LogP contribution in [0.15, 0.2) is 29.2 Å². The van der Waals surface area contributed by atoms with Crippen molar-refractivity contribution in [2.75, 3.05) is 0 Å². The van der Waals surface area contributed by atoms with E-state index < -0.39 is 21.5 Å². The maximum absolute atomic E-state index is 12.3. The Labute approximate surface area is 159 Å². The third kappa shape index (κ3) is 5.52. The molecule has 0 saturated heterocycles. The van der Waals surface area contributed by atoms with Crippen LogP contribution in [-0.2, 0) is 26.0 Å². The van der Waals surface area contributed by atoms with Gasteiger partial charge in [-0.15, -0.1) is 0 Å². The highest BCUT2D eigenvalue weighted by molar-refractivity contribution is 7.89. The number of benzene rings is 1. The molecule has 2 aliphatic rings. The molecule has 0 aromatic heterocycles. The highest BCUT2D eigenvalue weighted by Crippen LogP contribution is 2.32. The second kappa shape index (κ2) is 7.98. The number of amides is 1. The number of hydrogen-bond acceptors (Lipinski definition) is 4. The molecule has 0 atom stereocenters. The highest BCUT2D eigenvalue weighted by atomic mass is 32.2. The Morgan fingerprint density at radius 2 is 1.74 bits per heavy atom. The summed E-state index contributed by atoms with van der Waals surface area (Å²) in [6.07, 6.45) is 5.71. The molecule has 0 unspecified atom stereocenters. The SMILES string of the molecule is O=C(O)CC1(NC(=O)CCc2ccc(S(=O)(=O)NC3CC3)cc2)CCCC1. The van der Waals surface area contributed by atoms with E-state index in [1.165, 1.54) is 0 Å². The van der Waals surface area contributed by atoms with E-state index in [0.717, 1.165) is 31.2 Å². The molecule has 0 bridgehead atoms. The molecule has 1 aromatic carbocycles. The van der Waals surface area contributed by atoms with E-state index in [1.54, 1.807) is 24.3 Å². The van der Waals surface area contributed by atoms with E-state index in [2.05, 4.69) is 10.0 Å². The number of aliphatic carboxylic acids is 1. The summed E-state index contributed by atoms with van der Waals surface area (Å²) in [5.74, 6) is -1.06. The molecule has 27 heavy (non-hydrogen) atoms. The zero-order valence-electron chi connectivity index (χ0n) is 15.2. The van der Waals surface area contributed by atoms with Gasteiger partial charge in [-0.2, -0.15) is 0 Å². The van der Waals surface area contributed by atoms with E-state index >= 15 is 0 Å². The predicted octanol–water partition coefficient (Wildman–Crippen LogP) is 1.96. The molecular formula is C19H26N2O5S. The van der Waals surface area contributed by atoms with Crippen molar-refractivity contribution in [3.63, 3.8) is 0 Å². The van der Waals surface area contributed by atoms with Gasteiger partial charge in [0.2, 0.25) is 15.9 Å². The van der Waals surface area contributed by atoms with Gasteiger partial charge in [0.1, 0.15) is 0 Å². The van der Waals surface area contributed by atoms with Crippen LogP contribution in [-0.4, -0.2) is 37.0 Å². The quantitative estimate of drug-likeness (QED) is 0.593. The van der Waals surface area contributed by atoms with Crippen LogP contribution in [0.25, 0.3) is 0 Å². The Bertz CT molecular complexity index is 794. The van der Waals surface area contributed by atoms with Gasteiger partial charge in [-0.05, 0) is 49.8 Å². The highest BCUT2D eigenvalue weighted by Gasteiger charge is 2.37. The van der Waals surface area contributed by atoms with Gasteiger partial charge in [0.15, 0.2) is 0 Å². The van der Waals surface area contributed by atoms with Crippen molar-refractivity contribution in [3.8, 4) is 0 Å². The summed E-state index contributed by atoms with van der Waals surface area (Å²) in [4.78, 5) is 23.6. The standard InChI is InChI=1S/C19H26N2O5S/c22-17(20-19(13-18(23)24)11-1-2-12-19)10-5-14-3-8-16(9-4-14)27(25,26)21-15-6-7-15/h3-4,8-9,15,21H,1-2,5-7,10-13H2,(H,20,22)(H,23,24). The van der Waals surface area contributed by atoms with E-state index in [1.807, 2.05) is 0 Å². The number of rotatable bonds is 9. The van der Waals surface area contributed by atoms with E-state index in [4.69, 9.17) is 5.11 Å². The van der Waals surface area contributed by atoms with Crippen LogP contribution in [0.2, 0.25) is 0 Å². The van der Waals surface area contributed by atoms with E-state index in [9.17, 15) is 18.0 Å². The van der Waals surface area contributed by atoms with E-state index in [-0.39, 0.29) is 29.7 Å². The van der Waals surface area contributed by atoms with Crippen LogP contribution >= 0.6 is 0 Å². The summed E-state index contributed by atoms with van der Waals surface area (Å²) in [6.45, 7) is 0. The number of aryl methyl sites for hydroxylation is 1. The molecule has 0 aliphatic heterocycles. The minimum atomic E-state index is -3.47. The first kappa shape index (κ1) is 19.8. The number of nitrogens with one attached hydrogen (secondary N) is 2. The summed E-state index contributed by atoms with van der Waals surface area (Å²) >= 11 is 0. The lowest BCUT2D eigenvalue weighted by molar-refractivity contribution is -0.139. The van der Waals surface area contributed by atoms with Crippen molar-refractivity contribution < 1.29 is 23.1 Å². The Kier molecular flexibility index (Phi) is 5.86. The fraction of sp³-hybridized carbons (Fsp3) is 0.579. The second-order valence-electron chi connectivity index (χ2n) is 7.65. The van der Waals surface area contributed by atoms with Crippen molar-refractivity contribution in [2.24, 2.45) is 0 Å². The summed E-state index contributed by atoms with van der Waals surface area (Å²) in [5.41, 5.74) is 0.254. The second-order valence-corrected chi connectivity index (χ2v) is 9.36. The van der Waals surface area contributed by atoms with Crippen LogP contribution in [0, 0.1) is 0 Å². The summed E-state index contributed by atoms with van der Waals surface area (Å²) in [5, 5.41) is 12.0. The number of carboxylic acids is 1. The van der Waals surface area contributed by atoms with Crippen molar-refractivity contribution in [2.45, 2.75) is 74.3 Å². The van der Waals surface area contributed by atoms with Gasteiger partial charge in [-0.3, -0.25) is 9.59 Å². The lowest BCUT2D eigenvalue weighted by Crippen LogP contribution is -2.47. The molecule has 3 rings (SSSR count). The molecule has 148 valence electrons. The fourth-order valence-corrected chi connectivity index (χ4v) is 4.93. The summed E-state index contributed by atoms with van der Waals surface area (Å²) in [6, 6.07) is 6.61. The third-order valence-electron chi connectivity index (χ3n) is 5.23. The molecule has 2 aliphatic carbocycles. The van der Waals surface area contributed by atoms with Gasteiger partial charge in [-0.1, -0.05) is 25.0 Å². The van der Waals surface area contributed by atoms with Crippen LogP contribution in [0.3, 0.4) is 0 Å². The van der Waals surface area contributed by atoms with Gasteiger partial charge >= 0.3 is 5.97 Å². The Morgan fingerprint density at radius 3 is 2.30 bits per heavy atom. The molecule has 2 fully saturated rings. The molecule has 8 heteroatoms. The Hall–Kier alpha value is -1.93. The average Bonchev–Trinajstić information content (AvgIpc) is 3.29. The molecule has 2 saturated carbocycles. The number of carbonyl (C=O) groups excluding carboxylic acids is 1. The molecular weight excluding hydrogens is 368 g/mol. The van der Waals surface area contributed by atoms with Crippen molar-refractivity contribution in [1.82, 2.24) is 10.0 Å². The maximum Gasteiger partial charge on any atom is 0.305 e. The number of carboxylic acid groups (broad SMARTS) is 1.